The molecule has 8 nitrogen and oxygen atoms in total. The summed E-state index contributed by atoms with van der Waals surface area (Å²) in [7, 11) is 3.96. The first-order chi connectivity index (χ1) is 13.3. The molecule has 0 aliphatic heterocycles. The van der Waals surface area contributed by atoms with Gasteiger partial charge in [-0.25, -0.2) is 4.79 Å². The third-order valence-electron chi connectivity index (χ3n) is 4.41. The third kappa shape index (κ3) is 5.66. The lowest BCUT2D eigenvalue weighted by Gasteiger charge is -2.22. The van der Waals surface area contributed by atoms with Crippen molar-refractivity contribution in [3.63, 3.8) is 0 Å². The van der Waals surface area contributed by atoms with E-state index in [0.29, 0.717) is 11.7 Å². The lowest BCUT2D eigenvalue weighted by molar-refractivity contribution is -0.119. The molecule has 1 aromatic carbocycles. The molecule has 28 heavy (non-hydrogen) atoms. The van der Waals surface area contributed by atoms with Crippen molar-refractivity contribution >= 4 is 34.1 Å². The van der Waals surface area contributed by atoms with Crippen molar-refractivity contribution in [1.29, 1.82) is 0 Å². The van der Waals surface area contributed by atoms with Gasteiger partial charge in [-0.2, -0.15) is 0 Å². The van der Waals surface area contributed by atoms with Crippen LogP contribution in [0, 0.1) is 5.92 Å². The molecule has 3 N–H and O–H groups in total. The normalized spacial score (nSPS) is 12.8. The second-order valence-corrected chi connectivity index (χ2v) is 7.69. The number of hydrogen-bond donors (Lipinski definition) is 3. The van der Waals surface area contributed by atoms with Gasteiger partial charge in [-0.3, -0.25) is 10.1 Å². The van der Waals surface area contributed by atoms with Gasteiger partial charge < -0.3 is 15.5 Å². The average Bonchev–Trinajstić information content (AvgIpc) is 3.14. The fourth-order valence-corrected chi connectivity index (χ4v) is 3.28. The van der Waals surface area contributed by atoms with E-state index < -0.39 is 6.04 Å². The molecule has 0 radical (unpaired) electrons. The Labute approximate surface area is 169 Å². The highest BCUT2D eigenvalue weighted by Crippen LogP contribution is 2.28. The van der Waals surface area contributed by atoms with E-state index in [1.54, 1.807) is 0 Å². The number of rotatable bonds is 8. The fourth-order valence-electron chi connectivity index (χ4n) is 2.53. The zero-order valence-electron chi connectivity index (χ0n) is 16.9. The maximum Gasteiger partial charge on any atom is 0.315 e. The van der Waals surface area contributed by atoms with Gasteiger partial charge in [0.15, 0.2) is 0 Å². The number of carbonyl (C=O) groups is 2. The van der Waals surface area contributed by atoms with Crippen LogP contribution in [0.15, 0.2) is 24.3 Å². The molecule has 0 aliphatic rings. The van der Waals surface area contributed by atoms with Crippen LogP contribution >= 0.6 is 11.3 Å². The number of nitrogens with one attached hydrogen (secondary N) is 3. The molecule has 2 atom stereocenters. The van der Waals surface area contributed by atoms with Crippen molar-refractivity contribution < 1.29 is 9.59 Å². The maximum atomic E-state index is 12.7. The SMILES string of the molecule is CCNC(=O)NC(C(=O)Nc1nnc(-c2ccc(N(C)C)cc2)s1)C(C)CC. The molecule has 0 saturated carbocycles. The van der Waals surface area contributed by atoms with Crippen LogP contribution in [0.25, 0.3) is 10.6 Å². The Morgan fingerprint density at radius 2 is 1.82 bits per heavy atom. The summed E-state index contributed by atoms with van der Waals surface area (Å²) in [6.45, 7) is 6.22. The van der Waals surface area contributed by atoms with Gasteiger partial charge in [0.05, 0.1) is 0 Å². The van der Waals surface area contributed by atoms with Crippen molar-refractivity contribution in [3.8, 4) is 10.6 Å². The second kappa shape index (κ2) is 10.0. The van der Waals surface area contributed by atoms with E-state index in [0.717, 1.165) is 22.7 Å². The van der Waals surface area contributed by atoms with Gasteiger partial charge in [-0.1, -0.05) is 31.6 Å². The lowest BCUT2D eigenvalue weighted by Crippen LogP contribution is -2.51. The number of amides is 3. The molecule has 9 heteroatoms. The summed E-state index contributed by atoms with van der Waals surface area (Å²) in [5, 5.41) is 17.5. The van der Waals surface area contributed by atoms with Crippen LogP contribution in [0.3, 0.4) is 0 Å². The Kier molecular flexibility index (Phi) is 7.74. The van der Waals surface area contributed by atoms with Crippen LogP contribution in [0.1, 0.15) is 27.2 Å². The zero-order chi connectivity index (χ0) is 20.7. The predicted octanol–water partition coefficient (Wildman–Crippen LogP) is 2.94. The second-order valence-electron chi connectivity index (χ2n) is 6.71. The van der Waals surface area contributed by atoms with E-state index in [2.05, 4.69) is 26.1 Å². The van der Waals surface area contributed by atoms with Gasteiger partial charge in [-0.15, -0.1) is 10.2 Å². The molecule has 0 aliphatic carbocycles. The summed E-state index contributed by atoms with van der Waals surface area (Å²) >= 11 is 1.30. The van der Waals surface area contributed by atoms with Gasteiger partial charge in [0, 0.05) is 31.9 Å². The summed E-state index contributed by atoms with van der Waals surface area (Å²) in [4.78, 5) is 26.6. The zero-order valence-corrected chi connectivity index (χ0v) is 17.8. The smallest absolute Gasteiger partial charge is 0.315 e. The van der Waals surface area contributed by atoms with E-state index >= 15 is 0 Å². The van der Waals surface area contributed by atoms with Crippen LogP contribution < -0.4 is 20.9 Å². The van der Waals surface area contributed by atoms with E-state index in [9.17, 15) is 9.59 Å². The van der Waals surface area contributed by atoms with Crippen LogP contribution in [-0.4, -0.2) is 48.8 Å². The highest BCUT2D eigenvalue weighted by molar-refractivity contribution is 7.18. The molecule has 2 rings (SSSR count). The Balaban J connectivity index is 2.09. The van der Waals surface area contributed by atoms with Gasteiger partial charge in [-0.05, 0) is 37.1 Å². The molecule has 1 aromatic heterocycles. The van der Waals surface area contributed by atoms with Gasteiger partial charge >= 0.3 is 6.03 Å². The molecule has 3 amide bonds. The van der Waals surface area contributed by atoms with E-state index in [1.165, 1.54) is 11.3 Å². The standard InChI is InChI=1S/C19H28N6O2S/c1-6-12(3)15(21-18(27)20-7-2)16(26)22-19-24-23-17(28-19)13-8-10-14(11-9-13)25(4)5/h8-12,15H,6-7H2,1-5H3,(H2,20,21,27)(H,22,24,26). The van der Waals surface area contributed by atoms with E-state index in [-0.39, 0.29) is 17.9 Å². The van der Waals surface area contributed by atoms with Crippen molar-refractivity contribution in [1.82, 2.24) is 20.8 Å². The number of urea groups is 1. The topological polar surface area (TPSA) is 99.2 Å². The van der Waals surface area contributed by atoms with Crippen LogP contribution in [0.2, 0.25) is 0 Å². The van der Waals surface area contributed by atoms with Crippen molar-refractivity contribution in [3.05, 3.63) is 24.3 Å². The summed E-state index contributed by atoms with van der Waals surface area (Å²) in [5.41, 5.74) is 2.03. The number of carbonyl (C=O) groups excluding carboxylic acids is 2. The maximum absolute atomic E-state index is 12.7. The van der Waals surface area contributed by atoms with E-state index in [1.807, 2.05) is 64.0 Å². The molecule has 2 unspecified atom stereocenters. The summed E-state index contributed by atoms with van der Waals surface area (Å²) in [6.07, 6.45) is 0.754. The first-order valence-electron chi connectivity index (χ1n) is 9.32. The first-order valence-corrected chi connectivity index (χ1v) is 10.1. The van der Waals surface area contributed by atoms with Gasteiger partial charge in [0.1, 0.15) is 11.0 Å². The molecular formula is C19H28N6O2S. The number of aromatic nitrogens is 2. The quantitative estimate of drug-likeness (QED) is 0.628. The number of benzene rings is 1. The minimum absolute atomic E-state index is 0.0198. The summed E-state index contributed by atoms with van der Waals surface area (Å²) in [6, 6.07) is 6.94. The van der Waals surface area contributed by atoms with Crippen LogP contribution in [0.5, 0.6) is 0 Å². The Bertz CT molecular complexity index is 790. The predicted molar refractivity (Wildman–Crippen MR) is 114 cm³/mol. The van der Waals surface area contributed by atoms with Crippen molar-refractivity contribution in [2.24, 2.45) is 5.92 Å². The Morgan fingerprint density at radius 1 is 1.14 bits per heavy atom. The molecule has 152 valence electrons. The molecule has 0 bridgehead atoms. The minimum atomic E-state index is -0.650. The first kappa shape index (κ1) is 21.6. The summed E-state index contributed by atoms with van der Waals surface area (Å²) in [5.74, 6) is -0.320. The van der Waals surface area contributed by atoms with Gasteiger partial charge in [0.2, 0.25) is 11.0 Å². The largest absolute Gasteiger partial charge is 0.378 e. The van der Waals surface area contributed by atoms with Crippen LogP contribution in [0.4, 0.5) is 15.6 Å². The monoisotopic (exact) mass is 404 g/mol. The Hall–Kier alpha value is -2.68. The van der Waals surface area contributed by atoms with Crippen LogP contribution in [-0.2, 0) is 4.79 Å². The molecule has 0 fully saturated rings. The number of hydrogen-bond acceptors (Lipinski definition) is 6. The number of nitrogens with zero attached hydrogens (tertiary/aromatic N) is 3. The van der Waals surface area contributed by atoms with E-state index in [4.69, 9.17) is 0 Å². The fraction of sp³-hybridized carbons (Fsp3) is 0.474. The highest BCUT2D eigenvalue weighted by atomic mass is 32.1. The molecule has 2 aromatic rings. The minimum Gasteiger partial charge on any atom is -0.378 e. The lowest BCUT2D eigenvalue weighted by atomic mass is 9.98. The third-order valence-corrected chi connectivity index (χ3v) is 5.29. The molecule has 1 heterocycles. The molecule has 0 saturated heterocycles. The van der Waals surface area contributed by atoms with Crippen molar-refractivity contribution in [2.45, 2.75) is 33.2 Å². The summed E-state index contributed by atoms with van der Waals surface area (Å²) < 4.78 is 0. The number of anilines is 2. The van der Waals surface area contributed by atoms with Gasteiger partial charge in [0.25, 0.3) is 0 Å². The molecule has 0 spiro atoms. The highest BCUT2D eigenvalue weighted by Gasteiger charge is 2.26. The van der Waals surface area contributed by atoms with Crippen molar-refractivity contribution in [2.75, 3.05) is 30.9 Å². The average molecular weight is 405 g/mol. The Morgan fingerprint density at radius 3 is 2.39 bits per heavy atom. The molecular weight excluding hydrogens is 376 g/mol.